The molecule has 0 N–H and O–H groups in total. The standard InChI is InChI=1S/C16H20O4/c1-5(17)19-3-7-8(4-20-6(2)18)10-13-11-9(7)12-14(10)16(13)15(11)12/h7-16H,3-4H2,1-2H3/t7-,8+,9?,10?,11+,12+,13-,14-,15?,16?. The lowest BCUT2D eigenvalue weighted by Gasteiger charge is -2.95. The van der Waals surface area contributed by atoms with E-state index in [9.17, 15) is 9.59 Å². The van der Waals surface area contributed by atoms with Crippen molar-refractivity contribution in [2.45, 2.75) is 13.8 Å². The van der Waals surface area contributed by atoms with Crippen LogP contribution in [0.5, 0.6) is 0 Å². The normalized spacial score (nSPS) is 58.3. The van der Waals surface area contributed by atoms with Gasteiger partial charge < -0.3 is 9.47 Å². The summed E-state index contributed by atoms with van der Waals surface area (Å²) >= 11 is 0. The van der Waals surface area contributed by atoms with E-state index in [4.69, 9.17) is 9.47 Å². The maximum Gasteiger partial charge on any atom is 0.302 e. The van der Waals surface area contributed by atoms with E-state index in [0.717, 1.165) is 47.3 Å². The van der Waals surface area contributed by atoms with Gasteiger partial charge in [-0.2, -0.15) is 0 Å². The Morgan fingerprint density at radius 1 is 0.650 bits per heavy atom. The summed E-state index contributed by atoms with van der Waals surface area (Å²) in [4.78, 5) is 22.3. The first-order valence-corrected chi connectivity index (χ1v) is 7.88. The summed E-state index contributed by atoms with van der Waals surface area (Å²) in [6, 6.07) is 0. The van der Waals surface area contributed by atoms with Crippen molar-refractivity contribution in [3.8, 4) is 0 Å². The summed E-state index contributed by atoms with van der Waals surface area (Å²) in [5, 5.41) is 0. The van der Waals surface area contributed by atoms with E-state index >= 15 is 0 Å². The molecule has 20 heavy (non-hydrogen) atoms. The van der Waals surface area contributed by atoms with Gasteiger partial charge in [-0.3, -0.25) is 9.59 Å². The Kier molecular flexibility index (Phi) is 1.97. The average Bonchev–Trinajstić information content (AvgIpc) is 2.35. The first-order valence-electron chi connectivity index (χ1n) is 7.88. The van der Waals surface area contributed by atoms with E-state index in [1.54, 1.807) is 0 Å². The Balaban J connectivity index is 1.37. The number of hydrogen-bond acceptors (Lipinski definition) is 4. The second-order valence-electron chi connectivity index (χ2n) is 7.55. The number of hydrogen-bond donors (Lipinski definition) is 0. The Morgan fingerprint density at radius 3 is 1.25 bits per heavy atom. The SMILES string of the molecule is CC(=O)OC[C@@H]1C2[C@H]3C4C5[C@H]3C([C@H]5[C@H]42)[C@@H]1COC(C)=O. The largest absolute Gasteiger partial charge is 0.466 e. The van der Waals surface area contributed by atoms with E-state index in [-0.39, 0.29) is 11.9 Å². The van der Waals surface area contributed by atoms with Crippen molar-refractivity contribution in [2.24, 2.45) is 59.2 Å². The summed E-state index contributed by atoms with van der Waals surface area (Å²) in [6.45, 7) is 4.02. The molecule has 0 heterocycles. The Hall–Kier alpha value is -1.06. The zero-order valence-electron chi connectivity index (χ0n) is 11.8. The number of carbonyl (C=O) groups excluding carboxylic acids is 2. The lowest BCUT2D eigenvalue weighted by atomic mass is 9.09. The van der Waals surface area contributed by atoms with Gasteiger partial charge in [0.15, 0.2) is 0 Å². The van der Waals surface area contributed by atoms with E-state index in [0.29, 0.717) is 25.0 Å². The lowest BCUT2D eigenvalue weighted by molar-refractivity contribution is -0.488. The first-order chi connectivity index (χ1) is 9.61. The minimum atomic E-state index is -0.192. The number of carbonyl (C=O) groups is 2. The second-order valence-corrected chi connectivity index (χ2v) is 7.55. The van der Waals surface area contributed by atoms with Gasteiger partial charge in [-0.15, -0.1) is 0 Å². The van der Waals surface area contributed by atoms with Gasteiger partial charge in [0.05, 0.1) is 13.2 Å². The summed E-state index contributed by atoms with van der Waals surface area (Å²) in [5.41, 5.74) is 0. The Bertz CT molecular complexity index is 449. The van der Waals surface area contributed by atoms with Gasteiger partial charge in [0.2, 0.25) is 0 Å². The highest BCUT2D eigenvalue weighted by molar-refractivity contribution is 5.66. The lowest BCUT2D eigenvalue weighted by Crippen LogP contribution is -2.92. The molecule has 2 bridgehead atoms. The van der Waals surface area contributed by atoms with Gasteiger partial charge in [-0.25, -0.2) is 0 Å². The van der Waals surface area contributed by atoms with Crippen molar-refractivity contribution < 1.29 is 19.1 Å². The minimum Gasteiger partial charge on any atom is -0.466 e. The predicted octanol–water partition coefficient (Wildman–Crippen LogP) is 1.34. The second kappa shape index (κ2) is 3.40. The van der Waals surface area contributed by atoms with Gasteiger partial charge in [0.1, 0.15) is 0 Å². The van der Waals surface area contributed by atoms with Crippen LogP contribution in [-0.2, 0) is 19.1 Å². The van der Waals surface area contributed by atoms with Crippen LogP contribution >= 0.6 is 0 Å². The molecule has 0 aromatic rings. The zero-order chi connectivity index (χ0) is 13.8. The number of rotatable bonds is 4. The van der Waals surface area contributed by atoms with Crippen LogP contribution in [0.2, 0.25) is 0 Å². The molecule has 0 spiro atoms. The van der Waals surface area contributed by atoms with E-state index in [1.165, 1.54) is 13.8 Å². The van der Waals surface area contributed by atoms with Crippen LogP contribution in [0.1, 0.15) is 13.8 Å². The van der Waals surface area contributed by atoms with Crippen LogP contribution in [0.4, 0.5) is 0 Å². The van der Waals surface area contributed by atoms with E-state index in [2.05, 4.69) is 0 Å². The molecule has 0 radical (unpaired) electrons. The van der Waals surface area contributed by atoms with Gasteiger partial charge in [-0.05, 0) is 47.3 Å². The molecule has 6 aliphatic rings. The van der Waals surface area contributed by atoms with Crippen LogP contribution in [-0.4, -0.2) is 25.2 Å². The van der Waals surface area contributed by atoms with Crippen molar-refractivity contribution in [1.82, 2.24) is 0 Å². The molecule has 0 aromatic heterocycles. The molecule has 0 amide bonds. The molecule has 6 aliphatic carbocycles. The van der Waals surface area contributed by atoms with Crippen LogP contribution in [0.3, 0.4) is 0 Å². The molecule has 6 atom stereocenters. The topological polar surface area (TPSA) is 52.6 Å². The molecular formula is C16H20O4. The summed E-state index contributed by atoms with van der Waals surface area (Å²) < 4.78 is 10.6. The third-order valence-electron chi connectivity index (χ3n) is 7.39. The monoisotopic (exact) mass is 276 g/mol. The maximum absolute atomic E-state index is 11.1. The van der Waals surface area contributed by atoms with Crippen molar-refractivity contribution >= 4 is 11.9 Å². The molecule has 6 saturated carbocycles. The number of ether oxygens (including phenoxy) is 2. The van der Waals surface area contributed by atoms with Gasteiger partial charge in [0.25, 0.3) is 0 Å². The fourth-order valence-electron chi connectivity index (χ4n) is 7.16. The minimum absolute atomic E-state index is 0.192. The fourth-order valence-corrected chi connectivity index (χ4v) is 7.16. The number of fused-ring (bicyclic) bond motifs is 1. The predicted molar refractivity (Wildman–Crippen MR) is 68.2 cm³/mol. The molecule has 0 unspecified atom stereocenters. The van der Waals surface area contributed by atoms with Gasteiger partial charge in [-0.1, -0.05) is 0 Å². The summed E-state index contributed by atoms with van der Waals surface area (Å²) in [6.07, 6.45) is 0. The van der Waals surface area contributed by atoms with Crippen molar-refractivity contribution in [3.63, 3.8) is 0 Å². The van der Waals surface area contributed by atoms with Crippen molar-refractivity contribution in [3.05, 3.63) is 0 Å². The van der Waals surface area contributed by atoms with Crippen LogP contribution in [0, 0.1) is 59.2 Å². The molecule has 4 heteroatoms. The third-order valence-corrected chi connectivity index (χ3v) is 7.39. The third kappa shape index (κ3) is 1.02. The quantitative estimate of drug-likeness (QED) is 0.727. The molecular weight excluding hydrogens is 256 g/mol. The maximum atomic E-state index is 11.1. The smallest absolute Gasteiger partial charge is 0.302 e. The molecule has 108 valence electrons. The summed E-state index contributed by atoms with van der Waals surface area (Å²) in [5.74, 6) is 7.75. The van der Waals surface area contributed by atoms with Crippen LogP contribution in [0.15, 0.2) is 0 Å². The van der Waals surface area contributed by atoms with Crippen molar-refractivity contribution in [2.75, 3.05) is 13.2 Å². The molecule has 4 nitrogen and oxygen atoms in total. The van der Waals surface area contributed by atoms with Gasteiger partial charge in [0, 0.05) is 25.7 Å². The van der Waals surface area contributed by atoms with Gasteiger partial charge >= 0.3 is 11.9 Å². The fraction of sp³-hybridized carbons (Fsp3) is 0.875. The molecule has 0 aromatic carbocycles. The van der Waals surface area contributed by atoms with Crippen LogP contribution in [0.25, 0.3) is 0 Å². The average molecular weight is 276 g/mol. The van der Waals surface area contributed by atoms with E-state index < -0.39 is 0 Å². The van der Waals surface area contributed by atoms with Crippen LogP contribution < -0.4 is 0 Å². The first kappa shape index (κ1) is 11.6. The Morgan fingerprint density at radius 2 is 0.950 bits per heavy atom. The van der Waals surface area contributed by atoms with Crippen molar-refractivity contribution in [1.29, 1.82) is 0 Å². The molecule has 0 saturated heterocycles. The molecule has 0 aliphatic heterocycles. The summed E-state index contributed by atoms with van der Waals surface area (Å²) in [7, 11) is 0. The number of esters is 2. The molecule has 6 fully saturated rings. The van der Waals surface area contributed by atoms with E-state index in [1.807, 2.05) is 0 Å². The molecule has 6 rings (SSSR count). The Labute approximate surface area is 118 Å². The highest BCUT2D eigenvalue weighted by Gasteiger charge is 2.90. The zero-order valence-corrected chi connectivity index (χ0v) is 11.8. The highest BCUT2D eigenvalue weighted by Crippen LogP contribution is 2.93. The highest BCUT2D eigenvalue weighted by atomic mass is 16.5.